The van der Waals surface area contributed by atoms with E-state index in [0.717, 1.165) is 7.11 Å². The van der Waals surface area contributed by atoms with Crippen molar-refractivity contribution in [1.29, 1.82) is 0 Å². The number of hydrogen-bond donors (Lipinski definition) is 2. The number of methoxy groups -OCH3 is 1. The fourth-order valence-corrected chi connectivity index (χ4v) is 10.0. The van der Waals surface area contributed by atoms with Gasteiger partial charge in [-0.3, -0.25) is 0 Å². The summed E-state index contributed by atoms with van der Waals surface area (Å²) in [5.41, 5.74) is -3.90. The minimum atomic E-state index is -1.77. The third kappa shape index (κ3) is 5.30. The second kappa shape index (κ2) is 13.1. The van der Waals surface area contributed by atoms with Crippen molar-refractivity contribution in [2.45, 2.75) is 61.7 Å². The fourth-order valence-electron chi connectivity index (χ4n) is 10.0. The van der Waals surface area contributed by atoms with Crippen molar-refractivity contribution < 1.29 is 72.1 Å². The molecule has 5 heterocycles. The van der Waals surface area contributed by atoms with Crippen LogP contribution >= 0.6 is 0 Å². The van der Waals surface area contributed by atoms with Crippen LogP contribution in [0.5, 0.6) is 0 Å². The van der Waals surface area contributed by atoms with E-state index >= 15 is 0 Å². The van der Waals surface area contributed by atoms with Gasteiger partial charge in [-0.25, -0.2) is 24.0 Å². The molecule has 13 unspecified atom stereocenters. The molecule has 5 aliphatic heterocycles. The number of cyclic esters (lactones) is 1. The van der Waals surface area contributed by atoms with Gasteiger partial charge in [0.25, 0.3) is 5.97 Å². The van der Waals surface area contributed by atoms with Gasteiger partial charge in [0.15, 0.2) is 5.60 Å². The summed E-state index contributed by atoms with van der Waals surface area (Å²) >= 11 is 0. The maximum Gasteiger partial charge on any atom is 0.341 e. The number of ether oxygens (including phenoxy) is 8. The third-order valence-corrected chi connectivity index (χ3v) is 12.8. The highest BCUT2D eigenvalue weighted by Gasteiger charge is 2.74. The zero-order valence-corrected chi connectivity index (χ0v) is 30.0. The molecule has 0 aromatic carbocycles. The van der Waals surface area contributed by atoms with Crippen LogP contribution in [-0.2, 0) is 61.9 Å². The average Bonchev–Trinajstić information content (AvgIpc) is 3.63. The lowest BCUT2D eigenvalue weighted by molar-refractivity contribution is -0.428. The van der Waals surface area contributed by atoms with E-state index in [0.29, 0.717) is 0 Å². The molecular weight excluding hydrogens is 708 g/mol. The number of esters is 5. The second-order valence-corrected chi connectivity index (χ2v) is 15.4. The summed E-state index contributed by atoms with van der Waals surface area (Å²) in [6, 6.07) is 0. The van der Waals surface area contributed by atoms with Crippen LogP contribution in [0.4, 0.5) is 0 Å². The number of rotatable bonds is 9. The molecule has 2 saturated carbocycles. The average molecular weight is 753 g/mol. The monoisotopic (exact) mass is 752 g/mol. The Balaban J connectivity index is 1.17. The highest BCUT2D eigenvalue weighted by molar-refractivity contribution is 5.92. The predicted octanol–water partition coefficient (Wildman–Crippen LogP) is 1.54. The van der Waals surface area contributed by atoms with Gasteiger partial charge in [0.1, 0.15) is 24.9 Å². The molecule has 2 aliphatic carbocycles. The Bertz CT molecular complexity index is 1780. The SMILES string of the molecule is C=CC12COC(=O)C(=C)C1C(O)C(C(=C)C(=O)OC)C(OC(=O)C13CCC4C5C6OC(=O)C(=C)C6C(OC(=O)C(=C)CO)CC5(C=C)COC4(OC1)O3)C2. The highest BCUT2D eigenvalue weighted by Crippen LogP contribution is 2.64. The summed E-state index contributed by atoms with van der Waals surface area (Å²) in [7, 11) is 1.15. The van der Waals surface area contributed by atoms with Gasteiger partial charge in [-0.1, -0.05) is 38.5 Å². The molecule has 1 spiro atoms. The van der Waals surface area contributed by atoms with Gasteiger partial charge in [-0.15, -0.1) is 13.2 Å². The van der Waals surface area contributed by atoms with Crippen molar-refractivity contribution in [1.82, 2.24) is 0 Å². The summed E-state index contributed by atoms with van der Waals surface area (Å²) in [5.74, 6) is -9.64. The smallest absolute Gasteiger partial charge is 0.341 e. The van der Waals surface area contributed by atoms with Crippen LogP contribution in [0.3, 0.4) is 0 Å². The Morgan fingerprint density at radius 1 is 0.926 bits per heavy atom. The Morgan fingerprint density at radius 2 is 1.61 bits per heavy atom. The number of fused-ring (bicyclic) bond motifs is 6. The molecule has 0 aromatic heterocycles. The molecule has 2 N–H and O–H groups in total. The molecule has 15 heteroatoms. The van der Waals surface area contributed by atoms with E-state index in [2.05, 4.69) is 39.5 Å². The summed E-state index contributed by atoms with van der Waals surface area (Å²) in [6.07, 6.45) is -0.676. The zero-order valence-electron chi connectivity index (χ0n) is 30.0. The molecule has 7 rings (SSSR count). The number of aliphatic hydroxyl groups is 2. The van der Waals surface area contributed by atoms with Crippen molar-refractivity contribution in [3.8, 4) is 0 Å². The molecule has 7 fully saturated rings. The van der Waals surface area contributed by atoms with Crippen LogP contribution in [-0.4, -0.2) is 110 Å². The van der Waals surface area contributed by atoms with Crippen LogP contribution in [0.15, 0.2) is 73.9 Å². The highest BCUT2D eigenvalue weighted by atomic mass is 16.9. The molecule has 0 radical (unpaired) electrons. The normalized spacial score (nSPS) is 43.1. The topological polar surface area (TPSA) is 200 Å². The first-order valence-electron chi connectivity index (χ1n) is 17.7. The van der Waals surface area contributed by atoms with Gasteiger partial charge in [0.05, 0.1) is 50.4 Å². The lowest BCUT2D eigenvalue weighted by Gasteiger charge is -2.59. The first kappa shape index (κ1) is 37.9. The first-order valence-corrected chi connectivity index (χ1v) is 17.7. The van der Waals surface area contributed by atoms with Gasteiger partial charge in [-0.2, -0.15) is 0 Å². The van der Waals surface area contributed by atoms with Crippen LogP contribution in [0.2, 0.25) is 0 Å². The van der Waals surface area contributed by atoms with E-state index in [-0.39, 0.29) is 67.8 Å². The predicted molar refractivity (Wildman–Crippen MR) is 182 cm³/mol. The summed E-state index contributed by atoms with van der Waals surface area (Å²) < 4.78 is 47.3. The van der Waals surface area contributed by atoms with Gasteiger partial charge in [0.2, 0.25) is 0 Å². The largest absolute Gasteiger partial charge is 0.466 e. The molecule has 5 saturated heterocycles. The third-order valence-electron chi connectivity index (χ3n) is 12.8. The molecule has 0 amide bonds. The first-order chi connectivity index (χ1) is 25.6. The van der Waals surface area contributed by atoms with E-state index in [1.165, 1.54) is 6.08 Å². The maximum atomic E-state index is 14.4. The fraction of sp³-hybridized carbons (Fsp3) is 0.564. The van der Waals surface area contributed by atoms with E-state index in [1.54, 1.807) is 6.08 Å². The Hall–Kier alpha value is -4.41. The van der Waals surface area contributed by atoms with Gasteiger partial charge < -0.3 is 48.1 Å². The zero-order chi connectivity index (χ0) is 39.1. The summed E-state index contributed by atoms with van der Waals surface area (Å²) in [6.45, 7) is 22.1. The van der Waals surface area contributed by atoms with Crippen LogP contribution in [0, 0.1) is 40.4 Å². The molecule has 7 aliphatic rings. The van der Waals surface area contributed by atoms with Gasteiger partial charge in [0, 0.05) is 45.3 Å². The van der Waals surface area contributed by atoms with E-state index in [9.17, 15) is 34.2 Å². The molecule has 0 aromatic rings. The van der Waals surface area contributed by atoms with Crippen molar-refractivity contribution in [2.24, 2.45) is 40.4 Å². The number of hydrogen-bond acceptors (Lipinski definition) is 15. The molecular formula is C39H44O15. The molecule has 15 nitrogen and oxygen atoms in total. The van der Waals surface area contributed by atoms with E-state index < -0.39 is 113 Å². The van der Waals surface area contributed by atoms with Crippen LogP contribution in [0.25, 0.3) is 0 Å². The summed E-state index contributed by atoms with van der Waals surface area (Å²) in [5, 5.41) is 21.2. The van der Waals surface area contributed by atoms with E-state index in [4.69, 9.17) is 37.9 Å². The van der Waals surface area contributed by atoms with Crippen molar-refractivity contribution in [2.75, 3.05) is 33.5 Å². The van der Waals surface area contributed by atoms with Gasteiger partial charge in [-0.05, 0) is 25.7 Å². The lowest BCUT2D eigenvalue weighted by Crippen LogP contribution is -2.67. The maximum absolute atomic E-state index is 14.4. The Labute approximate surface area is 311 Å². The second-order valence-electron chi connectivity index (χ2n) is 15.4. The van der Waals surface area contributed by atoms with Crippen molar-refractivity contribution in [3.05, 3.63) is 73.9 Å². The van der Waals surface area contributed by atoms with Crippen molar-refractivity contribution in [3.63, 3.8) is 0 Å². The van der Waals surface area contributed by atoms with Crippen molar-refractivity contribution >= 4 is 29.8 Å². The summed E-state index contributed by atoms with van der Waals surface area (Å²) in [4.78, 5) is 65.5. The van der Waals surface area contributed by atoms with Crippen LogP contribution in [0.1, 0.15) is 25.7 Å². The quantitative estimate of drug-likeness (QED) is 0.149. The molecule has 2 bridgehead atoms. The van der Waals surface area contributed by atoms with Gasteiger partial charge >= 0.3 is 29.8 Å². The minimum Gasteiger partial charge on any atom is -0.466 e. The molecule has 290 valence electrons. The minimum absolute atomic E-state index is 0.0147. The Kier molecular flexibility index (Phi) is 9.20. The van der Waals surface area contributed by atoms with E-state index in [1.807, 2.05) is 0 Å². The molecule has 54 heavy (non-hydrogen) atoms. The van der Waals surface area contributed by atoms with Crippen LogP contribution < -0.4 is 0 Å². The number of carbonyl (C=O) groups excluding carboxylic acids is 5. The lowest BCUT2D eigenvalue weighted by atomic mass is 9.54. The number of carbonyl (C=O) groups is 5. The molecule has 13 atom stereocenters. The Morgan fingerprint density at radius 3 is 2.28 bits per heavy atom. The standard InChI is InChI=1S/C39H44O15/c1-8-36-12-23(25(19(4)32(43)47-7)29(41)27(36)21(6)33(44)48-15-36)52-35(46)38-11-10-22-28-30-26(20(5)34(45)53-30)24(51-31(42)18(3)14-40)13-37(28,9-2)16-49-39(22,54-38)50-17-38/h8-9,22-30,40-41H,1-6,10-17H2,7H3. The number of aliphatic hydroxyl groups excluding tert-OH is 2.